The van der Waals surface area contributed by atoms with E-state index in [0.29, 0.717) is 5.69 Å². The summed E-state index contributed by atoms with van der Waals surface area (Å²) >= 11 is 0. The summed E-state index contributed by atoms with van der Waals surface area (Å²) in [7, 11) is 0. The molecule has 1 amide bonds. The monoisotopic (exact) mass is 389 g/mol. The lowest BCUT2D eigenvalue weighted by molar-refractivity contribution is -0.171. The Hall–Kier alpha value is -3.15. The Morgan fingerprint density at radius 3 is 2.68 bits per heavy atom. The third-order valence-corrected chi connectivity index (χ3v) is 4.63. The van der Waals surface area contributed by atoms with Gasteiger partial charge in [-0.05, 0) is 37.6 Å². The predicted octanol–water partition coefficient (Wildman–Crippen LogP) is 3.08. The molecule has 1 saturated heterocycles. The summed E-state index contributed by atoms with van der Waals surface area (Å²) in [4.78, 5) is 21.9. The summed E-state index contributed by atoms with van der Waals surface area (Å²) in [6.45, 7) is 2.81. The van der Waals surface area contributed by atoms with Crippen molar-refractivity contribution in [3.8, 4) is 6.07 Å². The van der Waals surface area contributed by atoms with Gasteiger partial charge in [0.1, 0.15) is 11.9 Å². The lowest BCUT2D eigenvalue weighted by atomic mass is 10.0. The largest absolute Gasteiger partial charge is 0.395 e. The highest BCUT2D eigenvalue weighted by atomic mass is 19.4. The average molecular weight is 389 g/mol. The molecule has 146 valence electrons. The summed E-state index contributed by atoms with van der Waals surface area (Å²) in [5.41, 5.74) is 1.71. The van der Waals surface area contributed by atoms with Gasteiger partial charge in [-0.2, -0.15) is 18.4 Å². The maximum absolute atomic E-state index is 13.6. The number of amides is 1. The minimum absolute atomic E-state index is 0.0910. The van der Waals surface area contributed by atoms with E-state index in [-0.39, 0.29) is 23.5 Å². The number of hydrogen-bond donors (Lipinski definition) is 1. The number of carbonyl (C=O) groups is 1. The van der Waals surface area contributed by atoms with Gasteiger partial charge in [-0.25, -0.2) is 4.98 Å². The standard InChI is InChI=1S/C19H18F3N5O/c1-11-5-14(8-24-7-11)18(28)27-9-15(19(20,21)22)16(10-27)26-17-13(6-23)4-3-12(2)25-17/h3-5,7-8,15-16H,9-10H2,1-2H3,(H,25,26)/t15-,16-/m1/s1. The van der Waals surface area contributed by atoms with Crippen LogP contribution in [0.25, 0.3) is 0 Å². The lowest BCUT2D eigenvalue weighted by Crippen LogP contribution is -2.38. The van der Waals surface area contributed by atoms with Crippen LogP contribution >= 0.6 is 0 Å². The fourth-order valence-corrected chi connectivity index (χ4v) is 3.23. The summed E-state index contributed by atoms with van der Waals surface area (Å²) in [5.74, 6) is -2.19. The maximum Gasteiger partial charge on any atom is 0.395 e. The van der Waals surface area contributed by atoms with Gasteiger partial charge in [0.15, 0.2) is 0 Å². The molecular weight excluding hydrogens is 371 g/mol. The van der Waals surface area contributed by atoms with Crippen molar-refractivity contribution in [1.82, 2.24) is 14.9 Å². The zero-order valence-electron chi connectivity index (χ0n) is 15.3. The van der Waals surface area contributed by atoms with Crippen LogP contribution in [0.15, 0.2) is 30.6 Å². The highest BCUT2D eigenvalue weighted by Crippen LogP contribution is 2.36. The number of nitriles is 1. The van der Waals surface area contributed by atoms with Gasteiger partial charge in [-0.15, -0.1) is 0 Å². The van der Waals surface area contributed by atoms with Crippen molar-refractivity contribution in [3.05, 3.63) is 53.0 Å². The van der Waals surface area contributed by atoms with Gasteiger partial charge >= 0.3 is 6.18 Å². The molecule has 0 spiro atoms. The van der Waals surface area contributed by atoms with Crippen LogP contribution in [0.1, 0.15) is 27.2 Å². The molecule has 3 heterocycles. The number of halogens is 3. The predicted molar refractivity (Wildman–Crippen MR) is 95.5 cm³/mol. The molecule has 2 atom stereocenters. The second-order valence-corrected chi connectivity index (χ2v) is 6.82. The van der Waals surface area contributed by atoms with Crippen LogP contribution in [-0.2, 0) is 0 Å². The van der Waals surface area contributed by atoms with Gasteiger partial charge in [0.05, 0.1) is 23.1 Å². The van der Waals surface area contributed by atoms with Crippen LogP contribution < -0.4 is 5.32 Å². The minimum atomic E-state index is -4.51. The van der Waals surface area contributed by atoms with E-state index in [2.05, 4.69) is 15.3 Å². The van der Waals surface area contributed by atoms with Crippen LogP contribution in [0.5, 0.6) is 0 Å². The maximum atomic E-state index is 13.6. The number of nitrogens with zero attached hydrogens (tertiary/aromatic N) is 4. The quantitative estimate of drug-likeness (QED) is 0.873. The third-order valence-electron chi connectivity index (χ3n) is 4.63. The van der Waals surface area contributed by atoms with Crippen LogP contribution in [0.2, 0.25) is 0 Å². The van der Waals surface area contributed by atoms with E-state index in [9.17, 15) is 23.2 Å². The summed E-state index contributed by atoms with van der Waals surface area (Å²) in [6.07, 6.45) is -1.60. The van der Waals surface area contributed by atoms with E-state index in [1.807, 2.05) is 6.07 Å². The smallest absolute Gasteiger partial charge is 0.364 e. The first kappa shape index (κ1) is 19.6. The zero-order valence-corrected chi connectivity index (χ0v) is 15.3. The number of nitrogens with one attached hydrogen (secondary N) is 1. The number of likely N-dealkylation sites (tertiary alicyclic amines) is 1. The van der Waals surface area contributed by atoms with Crippen molar-refractivity contribution in [3.63, 3.8) is 0 Å². The molecular formula is C19H18F3N5O. The Labute approximate surface area is 160 Å². The van der Waals surface area contributed by atoms with Gasteiger partial charge in [-0.1, -0.05) is 0 Å². The Morgan fingerprint density at radius 1 is 1.29 bits per heavy atom. The first-order valence-corrected chi connectivity index (χ1v) is 8.61. The van der Waals surface area contributed by atoms with E-state index in [1.54, 1.807) is 32.2 Å². The molecule has 0 aromatic carbocycles. The van der Waals surface area contributed by atoms with Gasteiger partial charge < -0.3 is 10.2 Å². The van der Waals surface area contributed by atoms with Crippen molar-refractivity contribution >= 4 is 11.7 Å². The Balaban J connectivity index is 1.87. The molecule has 2 aromatic rings. The topological polar surface area (TPSA) is 81.9 Å². The number of pyridine rings is 2. The van der Waals surface area contributed by atoms with E-state index < -0.39 is 30.6 Å². The van der Waals surface area contributed by atoms with Crippen molar-refractivity contribution < 1.29 is 18.0 Å². The highest BCUT2D eigenvalue weighted by Gasteiger charge is 2.51. The molecule has 2 aromatic heterocycles. The summed E-state index contributed by atoms with van der Waals surface area (Å²) in [6, 6.07) is 5.52. The molecule has 1 aliphatic rings. The van der Waals surface area contributed by atoms with E-state index in [0.717, 1.165) is 10.5 Å². The van der Waals surface area contributed by atoms with Crippen molar-refractivity contribution in [2.24, 2.45) is 5.92 Å². The Bertz CT molecular complexity index is 938. The number of aryl methyl sites for hydroxylation is 2. The average Bonchev–Trinajstić information content (AvgIpc) is 3.05. The zero-order chi connectivity index (χ0) is 20.5. The van der Waals surface area contributed by atoms with Crippen molar-refractivity contribution in [2.75, 3.05) is 18.4 Å². The molecule has 0 aliphatic carbocycles. The number of alkyl halides is 3. The summed E-state index contributed by atoms with van der Waals surface area (Å²) in [5, 5.41) is 11.9. The number of carbonyl (C=O) groups excluding carboxylic acids is 1. The van der Waals surface area contributed by atoms with Crippen LogP contribution in [-0.4, -0.2) is 46.1 Å². The number of aromatic nitrogens is 2. The fourth-order valence-electron chi connectivity index (χ4n) is 3.23. The van der Waals surface area contributed by atoms with Gasteiger partial charge in [0.2, 0.25) is 0 Å². The normalized spacial score (nSPS) is 19.4. The number of hydrogen-bond acceptors (Lipinski definition) is 5. The van der Waals surface area contributed by atoms with E-state index >= 15 is 0 Å². The SMILES string of the molecule is Cc1cncc(C(=O)N2C[C@@H](C(F)(F)F)[C@H](Nc3nc(C)ccc3C#N)C2)c1. The molecule has 1 fully saturated rings. The summed E-state index contributed by atoms with van der Waals surface area (Å²) < 4.78 is 40.8. The molecule has 3 rings (SSSR count). The molecule has 0 radical (unpaired) electrons. The molecule has 0 bridgehead atoms. The van der Waals surface area contributed by atoms with Gasteiger partial charge in [-0.3, -0.25) is 9.78 Å². The lowest BCUT2D eigenvalue weighted by Gasteiger charge is -2.22. The Kier molecular flexibility index (Phi) is 5.23. The molecule has 0 unspecified atom stereocenters. The second kappa shape index (κ2) is 7.46. The van der Waals surface area contributed by atoms with Crippen LogP contribution in [0.4, 0.5) is 19.0 Å². The van der Waals surface area contributed by atoms with Crippen LogP contribution in [0, 0.1) is 31.1 Å². The van der Waals surface area contributed by atoms with E-state index in [1.165, 1.54) is 12.3 Å². The number of rotatable bonds is 3. The molecule has 1 N–H and O–H groups in total. The Morgan fingerprint density at radius 2 is 2.04 bits per heavy atom. The molecule has 9 heteroatoms. The highest BCUT2D eigenvalue weighted by molar-refractivity contribution is 5.94. The van der Waals surface area contributed by atoms with Crippen LogP contribution in [0.3, 0.4) is 0 Å². The van der Waals surface area contributed by atoms with E-state index in [4.69, 9.17) is 0 Å². The molecule has 6 nitrogen and oxygen atoms in total. The van der Waals surface area contributed by atoms with Gasteiger partial charge in [0, 0.05) is 31.2 Å². The van der Waals surface area contributed by atoms with Crippen molar-refractivity contribution in [2.45, 2.75) is 26.1 Å². The van der Waals surface area contributed by atoms with Crippen molar-refractivity contribution in [1.29, 1.82) is 5.26 Å². The third kappa shape index (κ3) is 4.06. The minimum Gasteiger partial charge on any atom is -0.364 e. The molecule has 28 heavy (non-hydrogen) atoms. The first-order valence-electron chi connectivity index (χ1n) is 8.61. The number of anilines is 1. The first-order chi connectivity index (χ1) is 13.2. The second-order valence-electron chi connectivity index (χ2n) is 6.82. The fraction of sp³-hybridized carbons (Fsp3) is 0.368. The van der Waals surface area contributed by atoms with Gasteiger partial charge in [0.25, 0.3) is 5.91 Å². The molecule has 1 aliphatic heterocycles. The molecule has 0 saturated carbocycles.